The van der Waals surface area contributed by atoms with Crippen molar-refractivity contribution in [3.05, 3.63) is 35.5 Å². The summed E-state index contributed by atoms with van der Waals surface area (Å²) < 4.78 is 0. The Kier molecular flexibility index (Phi) is 2.25. The van der Waals surface area contributed by atoms with E-state index in [1.54, 1.807) is 0 Å². The SMILES string of the molecule is CC1(C)NC(C(=O)O)Cc2c1[nH]c1ccccc21. The zero-order chi connectivity index (χ0) is 12.9. The molecule has 1 aromatic heterocycles. The minimum atomic E-state index is -0.793. The first-order valence-electron chi connectivity index (χ1n) is 6.09. The maximum Gasteiger partial charge on any atom is 0.321 e. The normalized spacial score (nSPS) is 21.8. The van der Waals surface area contributed by atoms with Crippen LogP contribution >= 0.6 is 0 Å². The summed E-state index contributed by atoms with van der Waals surface area (Å²) in [6, 6.07) is 7.53. The van der Waals surface area contributed by atoms with Gasteiger partial charge >= 0.3 is 5.97 Å². The number of H-pyrrole nitrogens is 1. The maximum atomic E-state index is 11.2. The third kappa shape index (κ3) is 1.53. The molecule has 0 saturated heterocycles. The summed E-state index contributed by atoms with van der Waals surface area (Å²) in [5.41, 5.74) is 2.95. The summed E-state index contributed by atoms with van der Waals surface area (Å²) in [5.74, 6) is -0.793. The van der Waals surface area contributed by atoms with Gasteiger partial charge in [0.25, 0.3) is 0 Å². The Morgan fingerprint density at radius 1 is 1.39 bits per heavy atom. The van der Waals surface area contributed by atoms with Gasteiger partial charge in [-0.3, -0.25) is 10.1 Å². The van der Waals surface area contributed by atoms with Crippen LogP contribution in [0.2, 0.25) is 0 Å². The molecule has 2 heterocycles. The summed E-state index contributed by atoms with van der Waals surface area (Å²) in [7, 11) is 0. The van der Waals surface area contributed by atoms with Crippen LogP contribution in [0.5, 0.6) is 0 Å². The van der Waals surface area contributed by atoms with E-state index in [1.165, 1.54) is 0 Å². The molecule has 1 aliphatic heterocycles. The third-order valence-electron chi connectivity index (χ3n) is 3.68. The molecular formula is C14H16N2O2. The number of para-hydroxylation sites is 1. The molecule has 1 aromatic carbocycles. The van der Waals surface area contributed by atoms with Crippen LogP contribution in [0.25, 0.3) is 10.9 Å². The lowest BCUT2D eigenvalue weighted by Gasteiger charge is -2.35. The molecule has 3 rings (SSSR count). The van der Waals surface area contributed by atoms with Gasteiger partial charge in [0.15, 0.2) is 0 Å². The fourth-order valence-corrected chi connectivity index (χ4v) is 2.86. The van der Waals surface area contributed by atoms with Gasteiger partial charge in [0.05, 0.1) is 5.54 Å². The Balaban J connectivity index is 2.22. The minimum absolute atomic E-state index is 0.352. The van der Waals surface area contributed by atoms with E-state index in [0.29, 0.717) is 6.42 Å². The van der Waals surface area contributed by atoms with Crippen LogP contribution in [-0.4, -0.2) is 22.1 Å². The summed E-state index contributed by atoms with van der Waals surface area (Å²) in [4.78, 5) is 14.6. The first-order valence-corrected chi connectivity index (χ1v) is 6.09. The quantitative estimate of drug-likeness (QED) is 0.719. The van der Waals surface area contributed by atoms with Crippen molar-refractivity contribution in [2.45, 2.75) is 31.8 Å². The van der Waals surface area contributed by atoms with Crippen molar-refractivity contribution in [3.8, 4) is 0 Å². The second-order valence-electron chi connectivity index (χ2n) is 5.39. The second-order valence-corrected chi connectivity index (χ2v) is 5.39. The summed E-state index contributed by atoms with van der Waals surface area (Å²) in [6.45, 7) is 4.02. The fourth-order valence-electron chi connectivity index (χ4n) is 2.86. The lowest BCUT2D eigenvalue weighted by molar-refractivity contribution is -0.140. The standard InChI is InChI=1S/C14H16N2O2/c1-14(2)12-9(7-11(16-14)13(17)18)8-5-3-4-6-10(8)15-12/h3-6,11,15-16H,7H2,1-2H3,(H,17,18). The van der Waals surface area contributed by atoms with Crippen molar-refractivity contribution >= 4 is 16.9 Å². The van der Waals surface area contributed by atoms with E-state index < -0.39 is 12.0 Å². The highest BCUT2D eigenvalue weighted by molar-refractivity contribution is 5.87. The number of aliphatic carboxylic acids is 1. The molecular weight excluding hydrogens is 228 g/mol. The van der Waals surface area contributed by atoms with Crippen LogP contribution in [-0.2, 0) is 16.8 Å². The van der Waals surface area contributed by atoms with Crippen molar-refractivity contribution in [3.63, 3.8) is 0 Å². The maximum absolute atomic E-state index is 11.2. The van der Waals surface area contributed by atoms with E-state index in [4.69, 9.17) is 0 Å². The zero-order valence-electron chi connectivity index (χ0n) is 10.4. The van der Waals surface area contributed by atoms with Gasteiger partial charge in [-0.2, -0.15) is 0 Å². The molecule has 0 bridgehead atoms. The van der Waals surface area contributed by atoms with Gasteiger partial charge in [0.2, 0.25) is 0 Å². The van der Waals surface area contributed by atoms with Gasteiger partial charge in [-0.1, -0.05) is 18.2 Å². The number of aromatic amines is 1. The summed E-state index contributed by atoms with van der Waals surface area (Å²) in [6.07, 6.45) is 0.526. The molecule has 3 N–H and O–H groups in total. The van der Waals surface area contributed by atoms with E-state index in [1.807, 2.05) is 38.1 Å². The highest BCUT2D eigenvalue weighted by Gasteiger charge is 2.37. The molecule has 4 heteroatoms. The number of fused-ring (bicyclic) bond motifs is 3. The number of rotatable bonds is 1. The Labute approximate surface area is 105 Å². The van der Waals surface area contributed by atoms with Crippen molar-refractivity contribution in [2.24, 2.45) is 0 Å². The third-order valence-corrected chi connectivity index (χ3v) is 3.68. The number of benzene rings is 1. The van der Waals surface area contributed by atoms with E-state index in [-0.39, 0.29) is 5.54 Å². The molecule has 4 nitrogen and oxygen atoms in total. The highest BCUT2D eigenvalue weighted by atomic mass is 16.4. The highest BCUT2D eigenvalue weighted by Crippen LogP contribution is 2.34. The van der Waals surface area contributed by atoms with Crippen LogP contribution in [0.1, 0.15) is 25.1 Å². The molecule has 18 heavy (non-hydrogen) atoms. The van der Waals surface area contributed by atoms with Crippen molar-refractivity contribution < 1.29 is 9.90 Å². The van der Waals surface area contributed by atoms with Crippen molar-refractivity contribution in [1.82, 2.24) is 10.3 Å². The van der Waals surface area contributed by atoms with Gasteiger partial charge in [0.1, 0.15) is 6.04 Å². The van der Waals surface area contributed by atoms with Gasteiger partial charge in [0, 0.05) is 23.0 Å². The van der Waals surface area contributed by atoms with Gasteiger partial charge in [-0.05, 0) is 25.5 Å². The van der Waals surface area contributed by atoms with E-state index in [0.717, 1.165) is 22.2 Å². The predicted octanol–water partition coefficient (Wildman–Crippen LogP) is 2.00. The fraction of sp³-hybridized carbons (Fsp3) is 0.357. The molecule has 0 radical (unpaired) electrons. The van der Waals surface area contributed by atoms with Crippen LogP contribution in [0, 0.1) is 0 Å². The van der Waals surface area contributed by atoms with Gasteiger partial charge < -0.3 is 10.1 Å². The number of carbonyl (C=O) groups is 1. The summed E-state index contributed by atoms with van der Waals surface area (Å²) >= 11 is 0. The number of carboxylic acids is 1. The topological polar surface area (TPSA) is 65.1 Å². The molecule has 0 aliphatic carbocycles. The Morgan fingerprint density at radius 2 is 2.11 bits per heavy atom. The Bertz CT molecular complexity index is 628. The van der Waals surface area contributed by atoms with E-state index >= 15 is 0 Å². The zero-order valence-corrected chi connectivity index (χ0v) is 10.4. The van der Waals surface area contributed by atoms with Crippen LogP contribution < -0.4 is 5.32 Å². The lowest BCUT2D eigenvalue weighted by atomic mass is 9.86. The number of hydrogen-bond acceptors (Lipinski definition) is 2. The van der Waals surface area contributed by atoms with Crippen molar-refractivity contribution in [1.29, 1.82) is 0 Å². The first-order chi connectivity index (χ1) is 8.49. The van der Waals surface area contributed by atoms with Crippen LogP contribution in [0.15, 0.2) is 24.3 Å². The van der Waals surface area contributed by atoms with Crippen LogP contribution in [0.3, 0.4) is 0 Å². The van der Waals surface area contributed by atoms with Crippen LogP contribution in [0.4, 0.5) is 0 Å². The Hall–Kier alpha value is -1.81. The molecule has 0 saturated carbocycles. The molecule has 94 valence electrons. The Morgan fingerprint density at radius 3 is 2.83 bits per heavy atom. The number of nitrogens with one attached hydrogen (secondary N) is 2. The average Bonchev–Trinajstić information content (AvgIpc) is 2.68. The monoisotopic (exact) mass is 244 g/mol. The molecule has 1 atom stereocenters. The predicted molar refractivity (Wildman–Crippen MR) is 69.6 cm³/mol. The lowest BCUT2D eigenvalue weighted by Crippen LogP contribution is -2.52. The number of hydrogen-bond donors (Lipinski definition) is 3. The largest absolute Gasteiger partial charge is 0.480 e. The molecule has 0 spiro atoms. The van der Waals surface area contributed by atoms with Gasteiger partial charge in [-0.25, -0.2) is 0 Å². The van der Waals surface area contributed by atoms with E-state index in [2.05, 4.69) is 10.3 Å². The smallest absolute Gasteiger partial charge is 0.321 e. The minimum Gasteiger partial charge on any atom is -0.480 e. The number of carboxylic acid groups (broad SMARTS) is 1. The van der Waals surface area contributed by atoms with Gasteiger partial charge in [-0.15, -0.1) is 0 Å². The molecule has 0 fully saturated rings. The number of aromatic nitrogens is 1. The molecule has 0 amide bonds. The summed E-state index contributed by atoms with van der Waals surface area (Å²) in [5, 5.41) is 13.5. The van der Waals surface area contributed by atoms with E-state index in [9.17, 15) is 9.90 Å². The first kappa shape index (κ1) is 11.3. The molecule has 2 aromatic rings. The molecule has 1 aliphatic rings. The molecule has 1 unspecified atom stereocenters. The average molecular weight is 244 g/mol. The van der Waals surface area contributed by atoms with Crippen molar-refractivity contribution in [2.75, 3.05) is 0 Å². The second kappa shape index (κ2) is 3.59.